The minimum absolute atomic E-state index is 0.162. The van der Waals surface area contributed by atoms with Gasteiger partial charge in [-0.15, -0.1) is 0 Å². The molecule has 4 heteroatoms. The van der Waals surface area contributed by atoms with Crippen LogP contribution < -0.4 is 0 Å². The SMILES string of the molecule is CCN(Cc1ccccn1)C1CCCC1C(=O)O. The van der Waals surface area contributed by atoms with Crippen LogP contribution in [0.1, 0.15) is 31.9 Å². The first-order valence-corrected chi connectivity index (χ1v) is 6.59. The van der Waals surface area contributed by atoms with E-state index in [2.05, 4.69) is 16.8 Å². The molecule has 0 aromatic carbocycles. The maximum absolute atomic E-state index is 11.2. The van der Waals surface area contributed by atoms with Gasteiger partial charge in [-0.25, -0.2) is 0 Å². The highest BCUT2D eigenvalue weighted by molar-refractivity contribution is 5.71. The molecule has 2 rings (SSSR count). The zero-order valence-electron chi connectivity index (χ0n) is 10.7. The highest BCUT2D eigenvalue weighted by Crippen LogP contribution is 2.30. The zero-order valence-corrected chi connectivity index (χ0v) is 10.7. The van der Waals surface area contributed by atoms with Gasteiger partial charge < -0.3 is 5.11 Å². The predicted molar refractivity (Wildman–Crippen MR) is 69.1 cm³/mol. The number of nitrogens with zero attached hydrogens (tertiary/aromatic N) is 2. The number of rotatable bonds is 5. The van der Waals surface area contributed by atoms with Gasteiger partial charge in [-0.2, -0.15) is 0 Å². The molecule has 1 fully saturated rings. The van der Waals surface area contributed by atoms with E-state index < -0.39 is 5.97 Å². The van der Waals surface area contributed by atoms with Crippen molar-refractivity contribution in [2.24, 2.45) is 5.92 Å². The first-order chi connectivity index (χ1) is 8.72. The Morgan fingerprint density at radius 1 is 1.50 bits per heavy atom. The maximum atomic E-state index is 11.2. The molecule has 0 radical (unpaired) electrons. The van der Waals surface area contributed by atoms with Crippen LogP contribution in [0.4, 0.5) is 0 Å². The third-order valence-corrected chi connectivity index (χ3v) is 3.76. The van der Waals surface area contributed by atoms with Crippen LogP contribution in [-0.2, 0) is 11.3 Å². The number of carboxylic acids is 1. The van der Waals surface area contributed by atoms with Gasteiger partial charge >= 0.3 is 5.97 Å². The molecule has 1 N–H and O–H groups in total. The standard InChI is InChI=1S/C14H20N2O2/c1-2-16(10-11-6-3-4-9-15-11)13-8-5-7-12(13)14(17)18/h3-4,6,9,12-13H,2,5,7-8,10H2,1H3,(H,17,18). The zero-order chi connectivity index (χ0) is 13.0. The smallest absolute Gasteiger partial charge is 0.308 e. The van der Waals surface area contributed by atoms with Crippen molar-refractivity contribution < 1.29 is 9.90 Å². The number of aromatic nitrogens is 1. The second-order valence-corrected chi connectivity index (χ2v) is 4.83. The summed E-state index contributed by atoms with van der Waals surface area (Å²) >= 11 is 0. The summed E-state index contributed by atoms with van der Waals surface area (Å²) in [5, 5.41) is 9.25. The van der Waals surface area contributed by atoms with Crippen molar-refractivity contribution in [2.75, 3.05) is 6.54 Å². The van der Waals surface area contributed by atoms with Crippen LogP contribution in [-0.4, -0.2) is 33.5 Å². The Balaban J connectivity index is 2.06. The molecular weight excluding hydrogens is 228 g/mol. The fourth-order valence-electron chi connectivity index (χ4n) is 2.83. The minimum atomic E-state index is -0.656. The van der Waals surface area contributed by atoms with Gasteiger partial charge in [0.15, 0.2) is 0 Å². The summed E-state index contributed by atoms with van der Waals surface area (Å²) in [6, 6.07) is 6.02. The number of carbonyl (C=O) groups is 1. The van der Waals surface area contributed by atoms with Crippen LogP contribution in [0.2, 0.25) is 0 Å². The third-order valence-electron chi connectivity index (χ3n) is 3.76. The fraction of sp³-hybridized carbons (Fsp3) is 0.571. The molecular formula is C14H20N2O2. The van der Waals surface area contributed by atoms with Gasteiger partial charge in [0.2, 0.25) is 0 Å². The third kappa shape index (κ3) is 2.88. The van der Waals surface area contributed by atoms with Crippen LogP contribution in [0, 0.1) is 5.92 Å². The van der Waals surface area contributed by atoms with Crippen molar-refractivity contribution in [3.05, 3.63) is 30.1 Å². The van der Waals surface area contributed by atoms with Gasteiger partial charge in [0, 0.05) is 18.8 Å². The lowest BCUT2D eigenvalue weighted by Gasteiger charge is -2.30. The van der Waals surface area contributed by atoms with Crippen LogP contribution >= 0.6 is 0 Å². The van der Waals surface area contributed by atoms with Crippen LogP contribution in [0.5, 0.6) is 0 Å². The van der Waals surface area contributed by atoms with Crippen molar-refractivity contribution in [3.63, 3.8) is 0 Å². The Hall–Kier alpha value is -1.42. The maximum Gasteiger partial charge on any atom is 0.308 e. The van der Waals surface area contributed by atoms with Crippen molar-refractivity contribution in [3.8, 4) is 0 Å². The molecule has 1 aromatic heterocycles. The largest absolute Gasteiger partial charge is 0.481 e. The summed E-state index contributed by atoms with van der Waals surface area (Å²) in [6.45, 7) is 3.69. The van der Waals surface area contributed by atoms with Crippen molar-refractivity contribution in [1.29, 1.82) is 0 Å². The minimum Gasteiger partial charge on any atom is -0.481 e. The Labute approximate surface area is 108 Å². The summed E-state index contributed by atoms with van der Waals surface area (Å²) in [7, 11) is 0. The molecule has 1 aliphatic rings. The molecule has 1 saturated carbocycles. The molecule has 98 valence electrons. The normalized spacial score (nSPS) is 23.4. The molecule has 4 nitrogen and oxygen atoms in total. The van der Waals surface area contributed by atoms with Gasteiger partial charge in [0.05, 0.1) is 11.6 Å². The Morgan fingerprint density at radius 3 is 2.94 bits per heavy atom. The van der Waals surface area contributed by atoms with Crippen LogP contribution in [0.15, 0.2) is 24.4 Å². The summed E-state index contributed by atoms with van der Waals surface area (Å²) < 4.78 is 0. The second-order valence-electron chi connectivity index (χ2n) is 4.83. The van der Waals surface area contributed by atoms with Gasteiger partial charge in [-0.1, -0.05) is 19.4 Å². The van der Waals surface area contributed by atoms with Crippen molar-refractivity contribution in [1.82, 2.24) is 9.88 Å². The second kappa shape index (κ2) is 5.96. The molecule has 1 aliphatic carbocycles. The molecule has 1 aromatic rings. The van der Waals surface area contributed by atoms with E-state index in [4.69, 9.17) is 0 Å². The molecule has 1 heterocycles. The van der Waals surface area contributed by atoms with E-state index in [0.29, 0.717) is 0 Å². The van der Waals surface area contributed by atoms with E-state index in [9.17, 15) is 9.90 Å². The Kier molecular flexibility index (Phi) is 4.31. The van der Waals surface area contributed by atoms with Gasteiger partial charge in [-0.05, 0) is 31.5 Å². The first-order valence-electron chi connectivity index (χ1n) is 6.59. The molecule has 0 aliphatic heterocycles. The molecule has 0 saturated heterocycles. The summed E-state index contributed by atoms with van der Waals surface area (Å²) in [5.41, 5.74) is 1.01. The van der Waals surface area contributed by atoms with Gasteiger partial charge in [0.1, 0.15) is 0 Å². The van der Waals surface area contributed by atoms with Crippen molar-refractivity contribution in [2.45, 2.75) is 38.8 Å². The number of hydrogen-bond acceptors (Lipinski definition) is 3. The lowest BCUT2D eigenvalue weighted by molar-refractivity contribution is -0.143. The van der Waals surface area contributed by atoms with E-state index in [0.717, 1.165) is 38.0 Å². The average Bonchev–Trinajstić information content (AvgIpc) is 2.86. The highest BCUT2D eigenvalue weighted by Gasteiger charge is 2.36. The molecule has 2 atom stereocenters. The lowest BCUT2D eigenvalue weighted by Crippen LogP contribution is -2.40. The van der Waals surface area contributed by atoms with E-state index in [1.807, 2.05) is 18.2 Å². The van der Waals surface area contributed by atoms with Crippen LogP contribution in [0.3, 0.4) is 0 Å². The van der Waals surface area contributed by atoms with E-state index in [1.165, 1.54) is 0 Å². The number of pyridine rings is 1. The lowest BCUT2D eigenvalue weighted by atomic mass is 10.0. The van der Waals surface area contributed by atoms with E-state index in [1.54, 1.807) is 6.20 Å². The summed E-state index contributed by atoms with van der Waals surface area (Å²) in [6.07, 6.45) is 4.59. The molecule has 2 unspecified atom stereocenters. The number of aliphatic carboxylic acids is 1. The summed E-state index contributed by atoms with van der Waals surface area (Å²) in [5.74, 6) is -0.870. The topological polar surface area (TPSA) is 53.4 Å². The van der Waals surface area contributed by atoms with Crippen LogP contribution in [0.25, 0.3) is 0 Å². The summed E-state index contributed by atoms with van der Waals surface area (Å²) in [4.78, 5) is 17.8. The monoisotopic (exact) mass is 248 g/mol. The number of carboxylic acid groups (broad SMARTS) is 1. The number of hydrogen-bond donors (Lipinski definition) is 1. The van der Waals surface area contributed by atoms with Gasteiger partial charge in [-0.3, -0.25) is 14.7 Å². The molecule has 0 amide bonds. The molecule has 0 spiro atoms. The Morgan fingerprint density at radius 2 is 2.33 bits per heavy atom. The van der Waals surface area contributed by atoms with Crippen molar-refractivity contribution >= 4 is 5.97 Å². The predicted octanol–water partition coefficient (Wildman–Crippen LogP) is 2.16. The Bertz CT molecular complexity index is 394. The molecule has 0 bridgehead atoms. The van der Waals surface area contributed by atoms with E-state index in [-0.39, 0.29) is 12.0 Å². The molecule has 18 heavy (non-hydrogen) atoms. The fourth-order valence-corrected chi connectivity index (χ4v) is 2.83. The van der Waals surface area contributed by atoms with E-state index >= 15 is 0 Å². The quantitative estimate of drug-likeness (QED) is 0.867. The highest BCUT2D eigenvalue weighted by atomic mass is 16.4. The average molecular weight is 248 g/mol. The first kappa shape index (κ1) is 13.0. The van der Waals surface area contributed by atoms with Gasteiger partial charge in [0.25, 0.3) is 0 Å².